The number of nitrogens with zero attached hydrogens (tertiary/aromatic N) is 4. The molecule has 2 aromatic heterocycles. The number of nitrogens with one attached hydrogen (secondary N) is 2. The largest absolute Gasteiger partial charge is 0.408 e. The zero-order valence-electron chi connectivity index (χ0n) is 32.3. The Labute approximate surface area is 309 Å². The summed E-state index contributed by atoms with van der Waals surface area (Å²) in [5.41, 5.74) is -0.997. The number of hydrogen-bond donors (Lipinski definition) is 3. The Bertz CT molecular complexity index is 1810. The van der Waals surface area contributed by atoms with Crippen LogP contribution in [0.2, 0.25) is 23.2 Å². The molecule has 1 aliphatic heterocycles. The number of carbonyl (C=O) groups is 1. The second-order valence-electron chi connectivity index (χ2n) is 16.5. The smallest absolute Gasteiger partial charge is 0.261 e. The van der Waals surface area contributed by atoms with Crippen LogP contribution < -0.4 is 21.0 Å². The van der Waals surface area contributed by atoms with Crippen molar-refractivity contribution in [2.24, 2.45) is 5.92 Å². The Balaban J connectivity index is 1.66. The molecule has 1 fully saturated rings. The molecule has 3 N–H and O–H groups in total. The molecule has 0 spiro atoms. The van der Waals surface area contributed by atoms with Gasteiger partial charge in [0.25, 0.3) is 8.32 Å². The summed E-state index contributed by atoms with van der Waals surface area (Å²) < 4.78 is 40.0. The van der Waals surface area contributed by atoms with Gasteiger partial charge in [-0.25, -0.2) is 9.37 Å². The number of halogens is 1. The number of imidazole rings is 1. The summed E-state index contributed by atoms with van der Waals surface area (Å²) in [4.78, 5) is 26.2. The van der Waals surface area contributed by atoms with Crippen LogP contribution in [0, 0.1) is 5.92 Å². The average molecular weight is 751 g/mol. The molecule has 282 valence electrons. The third kappa shape index (κ3) is 7.20. The molecule has 0 unspecified atom stereocenters. The zero-order chi connectivity index (χ0) is 38.3. The van der Waals surface area contributed by atoms with E-state index < -0.39 is 47.3 Å². The normalized spacial score (nSPS) is 21.5. The van der Waals surface area contributed by atoms with Gasteiger partial charge in [-0.3, -0.25) is 14.7 Å². The Morgan fingerprint density at radius 1 is 1.00 bits per heavy atom. The lowest BCUT2D eigenvalue weighted by atomic mass is 9.98. The van der Waals surface area contributed by atoms with Gasteiger partial charge in [0.05, 0.1) is 19.5 Å². The fourth-order valence-electron chi connectivity index (χ4n) is 6.56. The first-order chi connectivity index (χ1) is 24.3. The summed E-state index contributed by atoms with van der Waals surface area (Å²) in [5, 5.41) is 18.6. The van der Waals surface area contributed by atoms with Crippen LogP contribution in [-0.2, 0) is 18.4 Å². The van der Waals surface area contributed by atoms with Crippen LogP contribution >= 0.6 is 0 Å². The van der Waals surface area contributed by atoms with E-state index in [1.165, 1.54) is 10.9 Å². The van der Waals surface area contributed by atoms with Crippen LogP contribution in [0.15, 0.2) is 67.0 Å². The molecule has 4 aromatic rings. The molecule has 0 radical (unpaired) electrons. The van der Waals surface area contributed by atoms with E-state index in [1.807, 2.05) is 36.4 Å². The summed E-state index contributed by atoms with van der Waals surface area (Å²) in [6.07, 6.45) is -2.82. The lowest BCUT2D eigenvalue weighted by Crippen LogP contribution is -2.68. The first-order valence-corrected chi connectivity index (χ1v) is 22.7. The molecule has 1 amide bonds. The van der Waals surface area contributed by atoms with E-state index in [9.17, 15) is 9.90 Å². The first kappa shape index (κ1) is 39.7. The van der Waals surface area contributed by atoms with Crippen molar-refractivity contribution in [3.8, 4) is 0 Å². The number of aliphatic hydroxyl groups is 1. The topological polar surface area (TPSA) is 133 Å². The summed E-state index contributed by atoms with van der Waals surface area (Å²) >= 11 is 0. The van der Waals surface area contributed by atoms with E-state index in [4.69, 9.17) is 13.6 Å². The van der Waals surface area contributed by atoms with E-state index in [0.717, 1.165) is 10.4 Å². The van der Waals surface area contributed by atoms with Crippen molar-refractivity contribution in [3.05, 3.63) is 67.0 Å². The Morgan fingerprint density at radius 3 is 2.06 bits per heavy atom. The third-order valence-electron chi connectivity index (χ3n) is 10.6. The number of benzene rings is 2. The summed E-state index contributed by atoms with van der Waals surface area (Å²) in [6.45, 7) is 19.7. The van der Waals surface area contributed by atoms with Crippen molar-refractivity contribution in [1.82, 2.24) is 19.5 Å². The maximum atomic E-state index is 17.5. The number of aromatic nitrogens is 4. The molecule has 4 atom stereocenters. The van der Waals surface area contributed by atoms with Gasteiger partial charge in [-0.1, -0.05) is 116 Å². The van der Waals surface area contributed by atoms with Gasteiger partial charge >= 0.3 is 0 Å². The fraction of sp³-hybridized carbons (Fsp3) is 0.526. The highest BCUT2D eigenvalue weighted by atomic mass is 28.4. The molecular formula is C38H55FN6O5Si2. The zero-order valence-corrected chi connectivity index (χ0v) is 34.3. The Kier molecular flexibility index (Phi) is 11.2. The molecule has 0 aliphatic carbocycles. The predicted octanol–water partition coefficient (Wildman–Crippen LogP) is 6.03. The average Bonchev–Trinajstić information content (AvgIpc) is 3.62. The van der Waals surface area contributed by atoms with Crippen LogP contribution in [-0.4, -0.2) is 85.3 Å². The lowest BCUT2D eigenvalue weighted by Gasteiger charge is -2.46. The third-order valence-corrected chi connectivity index (χ3v) is 20.0. The van der Waals surface area contributed by atoms with E-state index in [2.05, 4.69) is 104 Å². The highest BCUT2D eigenvalue weighted by Crippen LogP contribution is 2.48. The van der Waals surface area contributed by atoms with E-state index >= 15 is 4.39 Å². The molecule has 1 saturated heterocycles. The number of fused-ring (bicyclic) bond motifs is 1. The number of hydrogen-bond acceptors (Lipinski definition) is 9. The lowest BCUT2D eigenvalue weighted by molar-refractivity contribution is -0.143. The van der Waals surface area contributed by atoms with E-state index in [-0.39, 0.29) is 40.1 Å². The van der Waals surface area contributed by atoms with Gasteiger partial charge in [0, 0.05) is 13.0 Å². The second-order valence-corrected chi connectivity index (χ2v) is 25.6. The quantitative estimate of drug-likeness (QED) is 0.149. The van der Waals surface area contributed by atoms with E-state index in [1.54, 1.807) is 20.9 Å². The predicted molar refractivity (Wildman–Crippen MR) is 209 cm³/mol. The molecule has 11 nitrogen and oxygen atoms in total. The van der Waals surface area contributed by atoms with Crippen LogP contribution in [0.3, 0.4) is 0 Å². The minimum absolute atomic E-state index is 0.0446. The standard InChI is InChI=1S/C38H55FN6O5Si2/c1-25(2)33(47)44-35-42-31(40-9)29-32(43-35)45(24-41-29)34-28(39)30(50-51(10,11)36(3,4)5)38(22-46,49-34)23-48-52(37(6,7)8,26-18-14-12-15-19-26)27-20-16-13-17-21-27/h12-21,24-25,28,30,34,46H,22-23H2,1-11H3,(H2,40,42,43,44,47)/t28-,30+,34-,38-/m1/s1. The highest BCUT2D eigenvalue weighted by Gasteiger charge is 2.62. The molecule has 14 heteroatoms. The Hall–Kier alpha value is -3.54. The molecular weight excluding hydrogens is 696 g/mol. The van der Waals surface area contributed by atoms with Gasteiger partial charge in [0.2, 0.25) is 11.9 Å². The Morgan fingerprint density at radius 2 is 1.58 bits per heavy atom. The van der Waals surface area contributed by atoms with Crippen LogP contribution in [0.4, 0.5) is 16.2 Å². The summed E-state index contributed by atoms with van der Waals surface area (Å²) in [5.74, 6) is -0.183. The minimum atomic E-state index is -3.15. The van der Waals surface area contributed by atoms with Gasteiger partial charge in [-0.2, -0.15) is 9.97 Å². The fourth-order valence-corrected chi connectivity index (χ4v) is 12.5. The second kappa shape index (κ2) is 14.7. The molecule has 3 heterocycles. The van der Waals surface area contributed by atoms with Gasteiger partial charge in [-0.15, -0.1) is 0 Å². The minimum Gasteiger partial charge on any atom is -0.408 e. The number of carbonyl (C=O) groups excluding carboxylic acids is 1. The van der Waals surface area contributed by atoms with Crippen molar-refractivity contribution in [3.63, 3.8) is 0 Å². The number of aliphatic hydroxyl groups excluding tert-OH is 1. The summed E-state index contributed by atoms with van der Waals surface area (Å²) in [7, 11) is -4.13. The van der Waals surface area contributed by atoms with Crippen molar-refractivity contribution in [2.75, 3.05) is 30.9 Å². The van der Waals surface area contributed by atoms with Gasteiger partial charge in [-0.05, 0) is 33.5 Å². The highest BCUT2D eigenvalue weighted by molar-refractivity contribution is 6.99. The molecule has 0 bridgehead atoms. The molecule has 1 aliphatic rings. The number of rotatable bonds is 12. The van der Waals surface area contributed by atoms with Gasteiger partial charge in [0.1, 0.15) is 11.7 Å². The maximum absolute atomic E-state index is 17.5. The van der Waals surface area contributed by atoms with Crippen molar-refractivity contribution in [2.45, 2.75) is 103 Å². The SMILES string of the molecule is CNc1nc(NC(=O)C(C)C)nc2c1ncn2[C@@H]1O[C@](CO)(CO[Si](c2ccccc2)(c2ccccc2)C(C)(C)C)[C@@H](O[Si](C)(C)C(C)(C)C)[C@H]1F. The van der Waals surface area contributed by atoms with Gasteiger partial charge < -0.3 is 24.0 Å². The maximum Gasteiger partial charge on any atom is 0.261 e. The van der Waals surface area contributed by atoms with Gasteiger partial charge in [0.15, 0.2) is 37.7 Å². The van der Waals surface area contributed by atoms with Crippen molar-refractivity contribution >= 4 is 55.8 Å². The number of anilines is 2. The molecule has 2 aromatic carbocycles. The monoisotopic (exact) mass is 750 g/mol. The number of amides is 1. The van der Waals surface area contributed by atoms with Crippen LogP contribution in [0.25, 0.3) is 11.2 Å². The van der Waals surface area contributed by atoms with Crippen LogP contribution in [0.5, 0.6) is 0 Å². The molecule has 0 saturated carbocycles. The number of ether oxygens (including phenoxy) is 1. The van der Waals surface area contributed by atoms with Crippen molar-refractivity contribution < 1.29 is 27.9 Å². The van der Waals surface area contributed by atoms with Crippen LogP contribution in [0.1, 0.15) is 61.6 Å². The summed E-state index contributed by atoms with van der Waals surface area (Å²) in [6, 6.07) is 20.3. The molecule has 52 heavy (non-hydrogen) atoms. The molecule has 5 rings (SSSR count). The number of alkyl halides is 1. The first-order valence-electron chi connectivity index (χ1n) is 17.9. The van der Waals surface area contributed by atoms with E-state index in [0.29, 0.717) is 11.3 Å². The van der Waals surface area contributed by atoms with Crippen molar-refractivity contribution in [1.29, 1.82) is 0 Å².